The number of fused-ring (bicyclic) bond motifs is 1. The van der Waals surface area contributed by atoms with Gasteiger partial charge in [-0.2, -0.15) is 0 Å². The predicted octanol–water partition coefficient (Wildman–Crippen LogP) is 0.462. The van der Waals surface area contributed by atoms with E-state index in [2.05, 4.69) is 5.32 Å². The van der Waals surface area contributed by atoms with Crippen molar-refractivity contribution in [1.29, 1.82) is 0 Å². The van der Waals surface area contributed by atoms with Crippen molar-refractivity contribution < 1.29 is 19.5 Å². The maximum Gasteiger partial charge on any atom is 0.327 e. The highest BCUT2D eigenvalue weighted by Gasteiger charge is 2.68. The van der Waals surface area contributed by atoms with Crippen LogP contribution in [0.15, 0.2) is 30.3 Å². The molecular formula is C17H19N3O4S. The summed E-state index contributed by atoms with van der Waals surface area (Å²) in [6, 6.07) is 6.59. The van der Waals surface area contributed by atoms with E-state index >= 15 is 0 Å². The van der Waals surface area contributed by atoms with Crippen LogP contribution >= 0.6 is 11.8 Å². The van der Waals surface area contributed by atoms with Crippen LogP contribution in [0.5, 0.6) is 0 Å². The summed E-state index contributed by atoms with van der Waals surface area (Å²) in [4.78, 5) is 38.0. The average Bonchev–Trinajstić information content (AvgIpc) is 2.92. The number of amides is 2. The van der Waals surface area contributed by atoms with Crippen LogP contribution in [0, 0.1) is 0 Å². The molecular weight excluding hydrogens is 342 g/mol. The maximum atomic E-state index is 12.5. The smallest absolute Gasteiger partial charge is 0.327 e. The summed E-state index contributed by atoms with van der Waals surface area (Å²) in [7, 11) is 0. The second-order valence-corrected chi connectivity index (χ2v) is 8.32. The zero-order chi connectivity index (χ0) is 17.8. The number of nitrogens with zero attached hydrogens (tertiary/aromatic N) is 1. The molecule has 25 heavy (non-hydrogen) atoms. The fourth-order valence-electron chi connectivity index (χ4n) is 3.89. The molecule has 2 aliphatic heterocycles. The quantitative estimate of drug-likeness (QED) is 0.672. The van der Waals surface area contributed by atoms with Crippen molar-refractivity contribution in [1.82, 2.24) is 10.2 Å². The first-order valence-electron chi connectivity index (χ1n) is 8.28. The van der Waals surface area contributed by atoms with Crippen LogP contribution in [-0.4, -0.2) is 50.0 Å². The van der Waals surface area contributed by atoms with E-state index in [1.165, 1.54) is 16.7 Å². The second-order valence-electron chi connectivity index (χ2n) is 6.79. The number of benzene rings is 1. The molecule has 2 amide bonds. The molecule has 2 heterocycles. The highest BCUT2D eigenvalue weighted by molar-refractivity contribution is 8.01. The molecule has 4 N–H and O–H groups in total. The Bertz CT molecular complexity index is 737. The van der Waals surface area contributed by atoms with Gasteiger partial charge in [-0.3, -0.25) is 9.59 Å². The normalized spacial score (nSPS) is 30.2. The van der Waals surface area contributed by atoms with Crippen LogP contribution in [0.2, 0.25) is 0 Å². The van der Waals surface area contributed by atoms with E-state index in [4.69, 9.17) is 5.73 Å². The lowest BCUT2D eigenvalue weighted by Crippen LogP contribution is -2.71. The van der Waals surface area contributed by atoms with Crippen LogP contribution in [0.1, 0.15) is 30.9 Å². The fraction of sp³-hybridized carbons (Fsp3) is 0.471. The average molecular weight is 361 g/mol. The summed E-state index contributed by atoms with van der Waals surface area (Å²) in [5, 5.41) is 11.9. The molecule has 1 spiro atoms. The summed E-state index contributed by atoms with van der Waals surface area (Å²) in [6.07, 6.45) is 2.56. The minimum atomic E-state index is -0.964. The lowest BCUT2D eigenvalue weighted by atomic mass is 9.77. The summed E-state index contributed by atoms with van der Waals surface area (Å²) in [5.41, 5.74) is 6.64. The number of nitrogens with one attached hydrogen (secondary N) is 1. The largest absolute Gasteiger partial charge is 0.480 e. The molecule has 1 aromatic carbocycles. The van der Waals surface area contributed by atoms with Gasteiger partial charge in [0.25, 0.3) is 0 Å². The van der Waals surface area contributed by atoms with E-state index < -0.39 is 34.7 Å². The Morgan fingerprint density at radius 2 is 2.00 bits per heavy atom. The van der Waals surface area contributed by atoms with E-state index in [0.29, 0.717) is 5.56 Å². The Morgan fingerprint density at radius 1 is 1.32 bits per heavy atom. The van der Waals surface area contributed by atoms with Gasteiger partial charge in [0.2, 0.25) is 11.8 Å². The summed E-state index contributed by atoms with van der Waals surface area (Å²) >= 11 is 1.52. The first-order chi connectivity index (χ1) is 11.9. The number of aliphatic carboxylic acids is 1. The van der Waals surface area contributed by atoms with Crippen molar-refractivity contribution in [3.8, 4) is 0 Å². The maximum absolute atomic E-state index is 12.5. The minimum Gasteiger partial charge on any atom is -0.480 e. The van der Waals surface area contributed by atoms with E-state index in [1.807, 2.05) is 6.07 Å². The van der Waals surface area contributed by atoms with E-state index in [-0.39, 0.29) is 11.3 Å². The Balaban J connectivity index is 1.48. The standard InChI is InChI=1S/C17H19N3O4S/c18-10(9-5-2-1-3-6-9)13(21)19-11-14(22)20-12(16(23)24)17(7-4-8-17)25-15(11)20/h1-3,5-6,10-12,15H,4,7-8,18H2,(H,19,21)(H,23,24)/t10?,11?,12?,15-/m0/s1. The van der Waals surface area contributed by atoms with Crippen molar-refractivity contribution in [2.75, 3.05) is 0 Å². The van der Waals surface area contributed by atoms with Crippen LogP contribution in [-0.2, 0) is 14.4 Å². The lowest BCUT2D eigenvalue weighted by molar-refractivity contribution is -0.162. The number of carboxylic acid groups (broad SMARTS) is 1. The summed E-state index contributed by atoms with van der Waals surface area (Å²) in [5.74, 6) is -1.72. The summed E-state index contributed by atoms with van der Waals surface area (Å²) in [6.45, 7) is 0. The van der Waals surface area contributed by atoms with Gasteiger partial charge in [-0.05, 0) is 18.4 Å². The molecule has 3 unspecified atom stereocenters. The molecule has 7 nitrogen and oxygen atoms in total. The highest BCUT2D eigenvalue weighted by Crippen LogP contribution is 2.59. The summed E-state index contributed by atoms with van der Waals surface area (Å²) < 4.78 is -0.396. The number of carbonyl (C=O) groups is 3. The molecule has 1 aliphatic carbocycles. The predicted molar refractivity (Wildman–Crippen MR) is 91.5 cm³/mol. The zero-order valence-corrected chi connectivity index (χ0v) is 14.2. The van der Waals surface area contributed by atoms with E-state index in [1.54, 1.807) is 24.3 Å². The third-order valence-electron chi connectivity index (χ3n) is 5.38. The number of hydrogen-bond donors (Lipinski definition) is 3. The Morgan fingerprint density at radius 3 is 2.56 bits per heavy atom. The van der Waals surface area contributed by atoms with Crippen LogP contribution in [0.4, 0.5) is 0 Å². The Hall–Kier alpha value is -2.06. The molecule has 4 rings (SSSR count). The third kappa shape index (κ3) is 2.35. The van der Waals surface area contributed by atoms with Gasteiger partial charge >= 0.3 is 5.97 Å². The minimum absolute atomic E-state index is 0.319. The van der Waals surface area contributed by atoms with Gasteiger partial charge in [0.1, 0.15) is 23.5 Å². The van der Waals surface area contributed by atoms with Crippen molar-refractivity contribution in [3.63, 3.8) is 0 Å². The topological polar surface area (TPSA) is 113 Å². The van der Waals surface area contributed by atoms with Gasteiger partial charge in [0.05, 0.1) is 0 Å². The SMILES string of the molecule is NC(C(=O)NC1C(=O)N2C(C(=O)O)C3(CCC3)S[C@@H]12)c1ccccc1. The molecule has 0 aromatic heterocycles. The number of rotatable bonds is 4. The Labute approximate surface area is 148 Å². The molecule has 0 radical (unpaired) electrons. The van der Waals surface area contributed by atoms with Crippen molar-refractivity contribution in [3.05, 3.63) is 35.9 Å². The molecule has 8 heteroatoms. The molecule has 3 fully saturated rings. The number of carbonyl (C=O) groups excluding carboxylic acids is 2. The van der Waals surface area contributed by atoms with E-state index in [9.17, 15) is 19.5 Å². The molecule has 2 saturated heterocycles. The van der Waals surface area contributed by atoms with Gasteiger partial charge in [-0.25, -0.2) is 4.79 Å². The first-order valence-corrected chi connectivity index (χ1v) is 9.16. The number of hydrogen-bond acceptors (Lipinski definition) is 5. The molecule has 0 bridgehead atoms. The fourth-order valence-corrected chi connectivity index (χ4v) is 5.90. The first kappa shape index (κ1) is 16.4. The zero-order valence-electron chi connectivity index (χ0n) is 13.4. The van der Waals surface area contributed by atoms with Crippen molar-refractivity contribution >= 4 is 29.5 Å². The molecule has 1 aromatic rings. The van der Waals surface area contributed by atoms with Gasteiger partial charge in [-0.15, -0.1) is 11.8 Å². The third-order valence-corrected chi connectivity index (χ3v) is 7.23. The molecule has 3 aliphatic rings. The molecule has 4 atom stereocenters. The Kier molecular flexibility index (Phi) is 3.77. The van der Waals surface area contributed by atoms with Gasteiger partial charge < -0.3 is 21.1 Å². The number of carboxylic acids is 1. The highest BCUT2D eigenvalue weighted by atomic mass is 32.2. The van der Waals surface area contributed by atoms with Gasteiger partial charge in [0.15, 0.2) is 0 Å². The molecule has 1 saturated carbocycles. The van der Waals surface area contributed by atoms with Crippen LogP contribution < -0.4 is 11.1 Å². The van der Waals surface area contributed by atoms with Crippen LogP contribution in [0.3, 0.4) is 0 Å². The second kappa shape index (κ2) is 5.74. The van der Waals surface area contributed by atoms with E-state index in [0.717, 1.165) is 19.3 Å². The van der Waals surface area contributed by atoms with Crippen molar-refractivity contribution in [2.45, 2.75) is 47.5 Å². The number of β-lactam (4-membered cyclic amide) rings is 1. The number of thioether (sulfide) groups is 1. The number of nitrogens with two attached hydrogens (primary N) is 1. The van der Waals surface area contributed by atoms with Crippen LogP contribution in [0.25, 0.3) is 0 Å². The van der Waals surface area contributed by atoms with Crippen molar-refractivity contribution in [2.24, 2.45) is 5.73 Å². The lowest BCUT2D eigenvalue weighted by Gasteiger charge is -2.44. The monoisotopic (exact) mass is 361 g/mol. The van der Waals surface area contributed by atoms with Gasteiger partial charge in [0, 0.05) is 4.75 Å². The van der Waals surface area contributed by atoms with Gasteiger partial charge in [-0.1, -0.05) is 36.8 Å². The molecule has 132 valence electrons.